The third-order valence-electron chi connectivity index (χ3n) is 5.67. The summed E-state index contributed by atoms with van der Waals surface area (Å²) in [4.78, 5) is 19.7. The minimum atomic E-state index is -0.867. The lowest BCUT2D eigenvalue weighted by atomic mass is 10.0. The van der Waals surface area contributed by atoms with Gasteiger partial charge in [0.2, 0.25) is 0 Å². The number of nitrogens with one attached hydrogen (secondary N) is 1. The minimum absolute atomic E-state index is 0.0732. The molecule has 1 fully saturated rings. The Balaban J connectivity index is 1.56. The van der Waals surface area contributed by atoms with Crippen LogP contribution in [0, 0.1) is 0 Å². The van der Waals surface area contributed by atoms with Gasteiger partial charge >= 0.3 is 5.97 Å². The quantitative estimate of drug-likeness (QED) is 0.556. The van der Waals surface area contributed by atoms with E-state index in [0.29, 0.717) is 19.7 Å². The van der Waals surface area contributed by atoms with Gasteiger partial charge < -0.3 is 24.8 Å². The highest BCUT2D eigenvalue weighted by Gasteiger charge is 2.32. The van der Waals surface area contributed by atoms with Gasteiger partial charge in [-0.1, -0.05) is 18.2 Å². The number of aliphatic carboxylic acids is 1. The topological polar surface area (TPSA) is 89.0 Å². The highest BCUT2D eigenvalue weighted by molar-refractivity contribution is 5.89. The van der Waals surface area contributed by atoms with E-state index in [9.17, 15) is 15.0 Å². The number of hydrogen-bond donors (Lipinski definition) is 3. The van der Waals surface area contributed by atoms with E-state index in [1.165, 1.54) is 0 Å². The zero-order valence-corrected chi connectivity index (χ0v) is 17.0. The number of para-hydroxylation sites is 2. The maximum atomic E-state index is 12.2. The molecule has 0 radical (unpaired) electrons. The van der Waals surface area contributed by atoms with Crippen molar-refractivity contribution < 1.29 is 19.7 Å². The molecule has 2 aromatic carbocycles. The van der Waals surface area contributed by atoms with E-state index in [2.05, 4.69) is 9.88 Å². The fraction of sp³-hybridized carbons (Fsp3) is 0.348. The van der Waals surface area contributed by atoms with Crippen molar-refractivity contribution in [3.8, 4) is 5.75 Å². The van der Waals surface area contributed by atoms with E-state index < -0.39 is 12.0 Å². The number of nitrogens with zero attached hydrogens (tertiary/aromatic N) is 2. The van der Waals surface area contributed by atoms with Crippen molar-refractivity contribution in [1.29, 1.82) is 0 Å². The van der Waals surface area contributed by atoms with Gasteiger partial charge in [0.05, 0.1) is 18.9 Å². The zero-order chi connectivity index (χ0) is 21.1. The number of rotatable bonds is 7. The van der Waals surface area contributed by atoms with E-state index in [1.807, 2.05) is 54.3 Å². The van der Waals surface area contributed by atoms with Crippen LogP contribution in [0.3, 0.4) is 0 Å². The summed E-state index contributed by atoms with van der Waals surface area (Å²) >= 11 is 0. The molecule has 0 unspecified atom stereocenters. The summed E-state index contributed by atoms with van der Waals surface area (Å²) < 4.78 is 5.76. The van der Waals surface area contributed by atoms with Gasteiger partial charge in [-0.05, 0) is 36.8 Å². The molecule has 3 N–H and O–H groups in total. The number of carbonyl (C=O) groups is 1. The first-order valence-electron chi connectivity index (χ1n) is 10.3. The second-order valence-electron chi connectivity index (χ2n) is 7.45. The summed E-state index contributed by atoms with van der Waals surface area (Å²) in [5, 5.41) is 20.4. The lowest BCUT2D eigenvalue weighted by molar-refractivity contribution is -0.143. The number of carboxylic acids is 1. The number of aromatic amines is 1. The maximum Gasteiger partial charge on any atom is 0.325 e. The lowest BCUT2D eigenvalue weighted by Crippen LogP contribution is -2.49. The van der Waals surface area contributed by atoms with Crippen LogP contribution >= 0.6 is 0 Å². The Kier molecular flexibility index (Phi) is 5.92. The summed E-state index contributed by atoms with van der Waals surface area (Å²) in [7, 11) is 0. The largest absolute Gasteiger partial charge is 0.492 e. The summed E-state index contributed by atoms with van der Waals surface area (Å²) in [5.74, 6) is -0.00939. The second kappa shape index (κ2) is 8.77. The standard InChI is InChI=1S/C23H27N3O4/c1-2-30-21-6-4-3-5-20(21)25-9-11-26(12-10-25)22(23(28)29)18-14-24-19-8-7-16(15-27)13-17(18)19/h3-8,13-14,22,24,27H,2,9-12,15H2,1H3,(H,28,29)/t22-/m0/s1. The van der Waals surface area contributed by atoms with E-state index in [0.717, 1.165) is 46.6 Å². The molecule has 1 atom stereocenters. The van der Waals surface area contributed by atoms with E-state index in [-0.39, 0.29) is 6.61 Å². The first-order valence-corrected chi connectivity index (χ1v) is 10.3. The van der Waals surface area contributed by atoms with Crippen molar-refractivity contribution in [3.05, 3.63) is 59.8 Å². The van der Waals surface area contributed by atoms with Crippen molar-refractivity contribution in [2.45, 2.75) is 19.6 Å². The summed E-state index contributed by atoms with van der Waals surface area (Å²) in [6, 6.07) is 12.8. The van der Waals surface area contributed by atoms with Gasteiger partial charge in [0.15, 0.2) is 0 Å². The Hall–Kier alpha value is -3.03. The number of carboxylic acid groups (broad SMARTS) is 1. The first kappa shape index (κ1) is 20.3. The summed E-state index contributed by atoms with van der Waals surface area (Å²) in [6.07, 6.45) is 1.78. The van der Waals surface area contributed by atoms with Crippen molar-refractivity contribution in [2.24, 2.45) is 0 Å². The number of aliphatic hydroxyl groups excluding tert-OH is 1. The van der Waals surface area contributed by atoms with Gasteiger partial charge in [-0.3, -0.25) is 9.69 Å². The van der Waals surface area contributed by atoms with Gasteiger partial charge in [0.1, 0.15) is 11.8 Å². The fourth-order valence-corrected chi connectivity index (χ4v) is 4.22. The van der Waals surface area contributed by atoms with Crippen LogP contribution in [0.1, 0.15) is 24.1 Å². The highest BCUT2D eigenvalue weighted by Crippen LogP contribution is 2.33. The van der Waals surface area contributed by atoms with Crippen molar-refractivity contribution in [3.63, 3.8) is 0 Å². The smallest absolute Gasteiger partial charge is 0.325 e. The number of fused-ring (bicyclic) bond motifs is 1. The lowest BCUT2D eigenvalue weighted by Gasteiger charge is -2.39. The van der Waals surface area contributed by atoms with E-state index in [4.69, 9.17) is 4.74 Å². The molecule has 1 aromatic heterocycles. The van der Waals surface area contributed by atoms with Gasteiger partial charge in [0, 0.05) is 48.8 Å². The summed E-state index contributed by atoms with van der Waals surface area (Å²) in [6.45, 7) is 5.20. The number of anilines is 1. The number of ether oxygens (including phenoxy) is 1. The third kappa shape index (κ3) is 3.86. The minimum Gasteiger partial charge on any atom is -0.492 e. The molecule has 0 amide bonds. The molecule has 0 aliphatic carbocycles. The number of hydrogen-bond acceptors (Lipinski definition) is 5. The number of benzene rings is 2. The molecule has 1 aliphatic heterocycles. The SMILES string of the molecule is CCOc1ccccc1N1CCN([C@H](C(=O)O)c2c[nH]c3ccc(CO)cc23)CC1. The molecule has 4 rings (SSSR count). The molecule has 2 heterocycles. The first-order chi connectivity index (χ1) is 14.6. The molecular formula is C23H27N3O4. The van der Waals surface area contributed by atoms with Crippen LogP contribution in [0.2, 0.25) is 0 Å². The molecule has 158 valence electrons. The van der Waals surface area contributed by atoms with Crippen LogP contribution in [0.5, 0.6) is 5.75 Å². The Morgan fingerprint density at radius 3 is 2.63 bits per heavy atom. The van der Waals surface area contributed by atoms with Crippen molar-refractivity contribution >= 4 is 22.6 Å². The van der Waals surface area contributed by atoms with Crippen molar-refractivity contribution in [2.75, 3.05) is 37.7 Å². The molecule has 30 heavy (non-hydrogen) atoms. The van der Waals surface area contributed by atoms with Crippen LogP contribution in [-0.2, 0) is 11.4 Å². The number of H-pyrrole nitrogens is 1. The molecule has 0 spiro atoms. The van der Waals surface area contributed by atoms with Crippen LogP contribution in [0.25, 0.3) is 10.9 Å². The fourth-order valence-electron chi connectivity index (χ4n) is 4.22. The summed E-state index contributed by atoms with van der Waals surface area (Å²) in [5.41, 5.74) is 3.42. The predicted octanol–water partition coefficient (Wildman–Crippen LogP) is 3.01. The van der Waals surface area contributed by atoms with Crippen LogP contribution in [0.15, 0.2) is 48.7 Å². The van der Waals surface area contributed by atoms with Crippen molar-refractivity contribution in [1.82, 2.24) is 9.88 Å². The van der Waals surface area contributed by atoms with Crippen LogP contribution in [0.4, 0.5) is 5.69 Å². The predicted molar refractivity (Wildman–Crippen MR) is 116 cm³/mol. The van der Waals surface area contributed by atoms with E-state index >= 15 is 0 Å². The Bertz CT molecular complexity index is 1020. The van der Waals surface area contributed by atoms with E-state index in [1.54, 1.807) is 6.20 Å². The maximum absolute atomic E-state index is 12.2. The van der Waals surface area contributed by atoms with Gasteiger partial charge in [-0.2, -0.15) is 0 Å². The second-order valence-corrected chi connectivity index (χ2v) is 7.45. The average molecular weight is 409 g/mol. The molecule has 1 aliphatic rings. The van der Waals surface area contributed by atoms with Crippen LogP contribution in [-0.4, -0.2) is 58.9 Å². The van der Waals surface area contributed by atoms with Crippen LogP contribution < -0.4 is 9.64 Å². The Labute approximate surface area is 175 Å². The normalized spacial score (nSPS) is 16.0. The van der Waals surface area contributed by atoms with Gasteiger partial charge in [-0.15, -0.1) is 0 Å². The molecule has 1 saturated heterocycles. The van der Waals surface area contributed by atoms with Gasteiger partial charge in [0.25, 0.3) is 0 Å². The monoisotopic (exact) mass is 409 g/mol. The van der Waals surface area contributed by atoms with Gasteiger partial charge in [-0.25, -0.2) is 0 Å². The molecular weight excluding hydrogens is 382 g/mol. The molecule has 7 nitrogen and oxygen atoms in total. The molecule has 7 heteroatoms. The third-order valence-corrected chi connectivity index (χ3v) is 5.67. The average Bonchev–Trinajstić information content (AvgIpc) is 3.17. The Morgan fingerprint density at radius 2 is 1.93 bits per heavy atom. The highest BCUT2D eigenvalue weighted by atomic mass is 16.5. The zero-order valence-electron chi connectivity index (χ0n) is 17.0. The Morgan fingerprint density at radius 1 is 1.17 bits per heavy atom. The number of aliphatic hydroxyl groups is 1. The molecule has 3 aromatic rings. The number of aromatic nitrogens is 1. The molecule has 0 saturated carbocycles. The molecule has 0 bridgehead atoms. The number of piperazine rings is 1.